The van der Waals surface area contributed by atoms with E-state index >= 15 is 0 Å². The van der Waals surface area contributed by atoms with Crippen LogP contribution in [0.15, 0.2) is 64.9 Å². The van der Waals surface area contributed by atoms with Crippen LogP contribution in [0.2, 0.25) is 0 Å². The second-order valence-corrected chi connectivity index (χ2v) is 10.1. The third-order valence-corrected chi connectivity index (χ3v) is 5.87. The zero-order valence-corrected chi connectivity index (χ0v) is 28.0. The second kappa shape index (κ2) is 20.9. The molecule has 0 bridgehead atoms. The molecule has 0 unspecified atom stereocenters. The van der Waals surface area contributed by atoms with E-state index in [0.29, 0.717) is 36.6 Å². The molecule has 43 heavy (non-hydrogen) atoms. The van der Waals surface area contributed by atoms with Gasteiger partial charge < -0.3 is 15.8 Å². The molecule has 0 aliphatic rings. The first-order valence-corrected chi connectivity index (χ1v) is 15.1. The number of unbranched alkanes of at least 4 members (excludes halogenated alkanes) is 1. The van der Waals surface area contributed by atoms with Gasteiger partial charge in [0, 0.05) is 31.3 Å². The normalized spacial score (nSPS) is 11.6. The topological polar surface area (TPSA) is 119 Å². The van der Waals surface area contributed by atoms with Gasteiger partial charge in [-0.15, -0.1) is 0 Å². The van der Waals surface area contributed by atoms with Crippen LogP contribution in [-0.4, -0.2) is 41.1 Å². The molecule has 2 rings (SSSR count). The molecule has 8 heteroatoms. The van der Waals surface area contributed by atoms with Crippen molar-refractivity contribution in [3.05, 3.63) is 66.0 Å². The first-order chi connectivity index (χ1) is 20.4. The fourth-order valence-corrected chi connectivity index (χ4v) is 3.66. The molecule has 3 N–H and O–H groups in total. The number of carbonyl (C=O) groups excluding carboxylic acids is 2. The van der Waals surface area contributed by atoms with Crippen molar-refractivity contribution in [3.8, 4) is 11.3 Å². The van der Waals surface area contributed by atoms with Crippen molar-refractivity contribution in [1.29, 1.82) is 0 Å². The lowest BCUT2D eigenvalue weighted by molar-refractivity contribution is -0.153. The first-order valence-electron chi connectivity index (χ1n) is 15.1. The van der Waals surface area contributed by atoms with Crippen LogP contribution in [0.1, 0.15) is 99.1 Å². The van der Waals surface area contributed by atoms with E-state index in [2.05, 4.69) is 40.7 Å². The van der Waals surface area contributed by atoms with E-state index in [1.54, 1.807) is 33.2 Å². The Bertz CT molecular complexity index is 1260. The first kappa shape index (κ1) is 39.1. The van der Waals surface area contributed by atoms with Gasteiger partial charge in [-0.05, 0) is 95.0 Å². The average molecular weight is 592 g/mol. The van der Waals surface area contributed by atoms with E-state index in [1.807, 2.05) is 64.1 Å². The number of benzene rings is 1. The molecule has 0 fully saturated rings. The Morgan fingerprint density at radius 3 is 2.33 bits per heavy atom. The summed E-state index contributed by atoms with van der Waals surface area (Å²) in [7, 11) is 0. The molecule has 1 aromatic carbocycles. The quantitative estimate of drug-likeness (QED) is 0.118. The van der Waals surface area contributed by atoms with Crippen molar-refractivity contribution >= 4 is 35.2 Å². The van der Waals surface area contributed by atoms with E-state index in [1.165, 1.54) is 13.3 Å². The number of nitrogens with zero attached hydrogens (tertiary/aromatic N) is 3. The number of amides is 1. The summed E-state index contributed by atoms with van der Waals surface area (Å²) >= 11 is 0. The second-order valence-electron chi connectivity index (χ2n) is 10.1. The maximum Gasteiger partial charge on any atom is 0.306 e. The fourth-order valence-electron chi connectivity index (χ4n) is 3.66. The molecule has 1 aromatic heterocycles. The van der Waals surface area contributed by atoms with Gasteiger partial charge in [0.2, 0.25) is 5.91 Å². The summed E-state index contributed by atoms with van der Waals surface area (Å²) in [5.41, 5.74) is 9.99. The van der Waals surface area contributed by atoms with Gasteiger partial charge in [0.1, 0.15) is 11.4 Å². The Morgan fingerprint density at radius 1 is 1.14 bits per heavy atom. The smallest absolute Gasteiger partial charge is 0.306 e. The molecule has 0 radical (unpaired) electrons. The molecule has 236 valence electrons. The number of nitrogens with two attached hydrogens (primary N) is 1. The molecule has 0 saturated carbocycles. The Morgan fingerprint density at radius 2 is 1.79 bits per heavy atom. The zero-order chi connectivity index (χ0) is 33.0. The standard InChI is InChI=1S/C30H39N5O3.C3H8.C2H6/c1-8-24(19-33-21(3)30(6,7)38-29(37)14-9-11-15-31)25-17-26(27-13-10-12-16-32-27)20(2)28(18-25)35-22(4)34-23(5)36;1-3-2;1-2/h8,10,12-13,16-19H,3,9,11,14-15,31H2,1-2,4-7H3,(H,34,35,36);3H2,1-2H3;1-2H3/b24-8+,33-19?;;. The molecule has 8 nitrogen and oxygen atoms in total. The molecule has 1 heterocycles. The number of ether oxygens (including phenoxy) is 1. The number of pyridine rings is 1. The lowest BCUT2D eigenvalue weighted by atomic mass is 9.96. The number of carbonyl (C=O) groups is 2. The minimum Gasteiger partial charge on any atom is -0.453 e. The van der Waals surface area contributed by atoms with Crippen molar-refractivity contribution in [3.63, 3.8) is 0 Å². The van der Waals surface area contributed by atoms with Crippen LogP contribution in [0.4, 0.5) is 5.69 Å². The van der Waals surface area contributed by atoms with Gasteiger partial charge in [0.05, 0.1) is 17.1 Å². The number of hydrogen-bond donors (Lipinski definition) is 2. The summed E-state index contributed by atoms with van der Waals surface area (Å²) in [4.78, 5) is 37.5. The van der Waals surface area contributed by atoms with Gasteiger partial charge >= 0.3 is 5.97 Å². The predicted molar refractivity (Wildman–Crippen MR) is 183 cm³/mol. The van der Waals surface area contributed by atoms with Gasteiger partial charge in [-0.2, -0.15) is 0 Å². The van der Waals surface area contributed by atoms with E-state index in [9.17, 15) is 9.59 Å². The third-order valence-electron chi connectivity index (χ3n) is 5.87. The SMILES string of the molecule is C=C(N=C/C(=C\C)c1cc(N=C(C)NC(C)=O)c(C)c(-c2ccccn2)c1)C(C)(C)OC(=O)CCCCN.CC.CCC. The number of amidine groups is 1. The van der Waals surface area contributed by atoms with Crippen LogP contribution >= 0.6 is 0 Å². The van der Waals surface area contributed by atoms with Crippen molar-refractivity contribution in [2.24, 2.45) is 15.7 Å². The zero-order valence-electron chi connectivity index (χ0n) is 28.0. The van der Waals surface area contributed by atoms with Crippen LogP contribution in [0.3, 0.4) is 0 Å². The summed E-state index contributed by atoms with van der Waals surface area (Å²) in [6.07, 6.45) is 8.39. The molecule has 2 aromatic rings. The predicted octanol–water partition coefficient (Wildman–Crippen LogP) is 8.12. The highest BCUT2D eigenvalue weighted by Gasteiger charge is 2.26. The largest absolute Gasteiger partial charge is 0.453 e. The minimum absolute atomic E-state index is 0.188. The van der Waals surface area contributed by atoms with Gasteiger partial charge in [0.25, 0.3) is 0 Å². The summed E-state index contributed by atoms with van der Waals surface area (Å²) in [5, 5.41) is 2.72. The molecule has 0 aliphatic heterocycles. The third kappa shape index (κ3) is 14.2. The van der Waals surface area contributed by atoms with Gasteiger partial charge in [-0.1, -0.05) is 52.8 Å². The maximum absolute atomic E-state index is 12.2. The molecular formula is C35H53N5O3. The van der Waals surface area contributed by atoms with Gasteiger partial charge in [-0.3, -0.25) is 19.6 Å². The summed E-state index contributed by atoms with van der Waals surface area (Å²) in [5.74, 6) is -0.00190. The highest BCUT2D eigenvalue weighted by molar-refractivity contribution is 6.11. The monoisotopic (exact) mass is 591 g/mol. The van der Waals surface area contributed by atoms with E-state index in [0.717, 1.165) is 34.4 Å². The Balaban J connectivity index is 0.00000331. The van der Waals surface area contributed by atoms with Gasteiger partial charge in [0.15, 0.2) is 0 Å². The summed E-state index contributed by atoms with van der Waals surface area (Å²) in [6.45, 7) is 23.5. The van der Waals surface area contributed by atoms with E-state index in [4.69, 9.17) is 10.5 Å². The average Bonchev–Trinajstić information content (AvgIpc) is 2.96. The van der Waals surface area contributed by atoms with Crippen molar-refractivity contribution < 1.29 is 14.3 Å². The van der Waals surface area contributed by atoms with Crippen LogP contribution in [0.5, 0.6) is 0 Å². The number of esters is 1. The van der Waals surface area contributed by atoms with Crippen LogP contribution < -0.4 is 11.1 Å². The Hall–Kier alpha value is -3.91. The van der Waals surface area contributed by atoms with Crippen LogP contribution in [-0.2, 0) is 14.3 Å². The maximum atomic E-state index is 12.2. The lowest BCUT2D eigenvalue weighted by Gasteiger charge is -2.25. The van der Waals surface area contributed by atoms with Crippen molar-refractivity contribution in [2.75, 3.05) is 6.54 Å². The molecular weight excluding hydrogens is 538 g/mol. The molecule has 0 saturated heterocycles. The minimum atomic E-state index is -0.966. The van der Waals surface area contributed by atoms with Crippen LogP contribution in [0, 0.1) is 6.92 Å². The number of aliphatic imine (C=N–C) groups is 2. The number of allylic oxidation sites excluding steroid dienone is 2. The summed E-state index contributed by atoms with van der Waals surface area (Å²) in [6, 6.07) is 9.72. The lowest BCUT2D eigenvalue weighted by Crippen LogP contribution is -2.29. The number of hydrogen-bond acceptors (Lipinski definition) is 7. The van der Waals surface area contributed by atoms with Crippen molar-refractivity contribution in [1.82, 2.24) is 10.3 Å². The van der Waals surface area contributed by atoms with E-state index in [-0.39, 0.29) is 11.9 Å². The highest BCUT2D eigenvalue weighted by atomic mass is 16.6. The number of aromatic nitrogens is 1. The number of nitrogens with one attached hydrogen (secondary N) is 1. The van der Waals surface area contributed by atoms with Gasteiger partial charge in [-0.25, -0.2) is 4.99 Å². The highest BCUT2D eigenvalue weighted by Crippen LogP contribution is 2.33. The molecule has 0 spiro atoms. The molecule has 0 atom stereocenters. The molecule has 1 amide bonds. The fraction of sp³-hybridized carbons (Fsp3) is 0.457. The number of rotatable bonds is 11. The molecule has 0 aliphatic carbocycles. The Labute approximate surface area is 259 Å². The summed E-state index contributed by atoms with van der Waals surface area (Å²) < 4.78 is 5.63. The van der Waals surface area contributed by atoms with Crippen LogP contribution in [0.25, 0.3) is 16.8 Å². The van der Waals surface area contributed by atoms with E-state index < -0.39 is 5.60 Å². The van der Waals surface area contributed by atoms with Crippen molar-refractivity contribution in [2.45, 2.75) is 101 Å². The Kier molecular flexibility index (Phi) is 19.0.